The highest BCUT2D eigenvalue weighted by Crippen LogP contribution is 2.37. The molecule has 1 fully saturated rings. The number of methoxy groups -OCH3 is 1. The van der Waals surface area contributed by atoms with Crippen LogP contribution in [0.15, 0.2) is 16.6 Å². The van der Waals surface area contributed by atoms with E-state index in [-0.39, 0.29) is 0 Å². The molecule has 5 nitrogen and oxygen atoms in total. The maximum Gasteiger partial charge on any atom is 0.347 e. The molecule has 2 rings (SSSR count). The molecular weight excluding hydrogens is 374 g/mol. The van der Waals surface area contributed by atoms with E-state index in [0.29, 0.717) is 24.1 Å². The van der Waals surface area contributed by atoms with Crippen LogP contribution in [0.1, 0.15) is 45.1 Å². The highest BCUT2D eigenvalue weighted by Gasteiger charge is 2.21. The molecule has 0 spiro atoms. The van der Waals surface area contributed by atoms with Crippen LogP contribution in [-0.2, 0) is 16.1 Å². The van der Waals surface area contributed by atoms with Crippen molar-refractivity contribution in [2.45, 2.75) is 58.2 Å². The zero-order valence-electron chi connectivity index (χ0n) is 14.6. The number of carbonyl (C=O) groups is 1. The van der Waals surface area contributed by atoms with Crippen LogP contribution in [0, 0.1) is 0 Å². The topological polar surface area (TPSA) is 56.8 Å². The largest absolute Gasteiger partial charge is 0.493 e. The van der Waals surface area contributed by atoms with Gasteiger partial charge >= 0.3 is 5.97 Å². The Bertz CT molecular complexity index is 558. The Morgan fingerprint density at radius 1 is 1.38 bits per heavy atom. The summed E-state index contributed by atoms with van der Waals surface area (Å²) < 4.78 is 16.9. The van der Waals surface area contributed by atoms with E-state index in [1.54, 1.807) is 21.0 Å². The van der Waals surface area contributed by atoms with Crippen LogP contribution in [0.5, 0.6) is 11.5 Å². The van der Waals surface area contributed by atoms with Gasteiger partial charge in [-0.25, -0.2) is 4.79 Å². The molecule has 1 aromatic rings. The van der Waals surface area contributed by atoms with Gasteiger partial charge in [0.05, 0.1) is 18.2 Å². The van der Waals surface area contributed by atoms with Gasteiger partial charge in [-0.3, -0.25) is 0 Å². The minimum Gasteiger partial charge on any atom is -0.493 e. The minimum absolute atomic E-state index is 0.330. The zero-order chi connectivity index (χ0) is 17.5. The molecule has 134 valence electrons. The molecule has 24 heavy (non-hydrogen) atoms. The minimum atomic E-state index is -0.697. The van der Waals surface area contributed by atoms with Gasteiger partial charge in [0.15, 0.2) is 17.6 Å². The van der Waals surface area contributed by atoms with Crippen LogP contribution in [0.4, 0.5) is 0 Å². The molecule has 0 heterocycles. The lowest BCUT2D eigenvalue weighted by Crippen LogP contribution is -2.27. The van der Waals surface area contributed by atoms with Gasteiger partial charge in [-0.15, -0.1) is 0 Å². The summed E-state index contributed by atoms with van der Waals surface area (Å²) in [4.78, 5) is 11.8. The van der Waals surface area contributed by atoms with Crippen LogP contribution in [-0.4, -0.2) is 31.8 Å². The van der Waals surface area contributed by atoms with Gasteiger partial charge in [-0.05, 0) is 60.3 Å². The third-order valence-electron chi connectivity index (χ3n) is 4.15. The smallest absolute Gasteiger partial charge is 0.347 e. The van der Waals surface area contributed by atoms with Gasteiger partial charge in [-0.2, -0.15) is 0 Å². The van der Waals surface area contributed by atoms with Crippen molar-refractivity contribution in [1.82, 2.24) is 5.32 Å². The van der Waals surface area contributed by atoms with E-state index >= 15 is 0 Å². The first-order valence-corrected chi connectivity index (χ1v) is 9.27. The maximum atomic E-state index is 11.8. The fourth-order valence-corrected chi connectivity index (χ4v) is 3.45. The van der Waals surface area contributed by atoms with Gasteiger partial charge in [0.2, 0.25) is 0 Å². The third kappa shape index (κ3) is 5.11. The van der Waals surface area contributed by atoms with E-state index in [1.807, 2.05) is 12.1 Å². The number of ether oxygens (including phenoxy) is 3. The molecule has 0 saturated heterocycles. The molecule has 0 bridgehead atoms. The van der Waals surface area contributed by atoms with Gasteiger partial charge in [-0.1, -0.05) is 12.8 Å². The van der Waals surface area contributed by atoms with Crippen molar-refractivity contribution >= 4 is 21.9 Å². The molecule has 1 N–H and O–H groups in total. The summed E-state index contributed by atoms with van der Waals surface area (Å²) >= 11 is 3.52. The number of halogens is 1. The number of benzene rings is 1. The number of carbonyl (C=O) groups excluding carboxylic acids is 1. The standard InChI is InChI=1S/C18H26BrNO4/c1-4-23-18(21)12(2)24-17-15(19)9-13(10-16(17)22-3)11-20-14-7-5-6-8-14/h9-10,12,14,20H,4-8,11H2,1-3H3/t12-/m0/s1. The van der Waals surface area contributed by atoms with Crippen molar-refractivity contribution in [2.24, 2.45) is 0 Å². The molecule has 6 heteroatoms. The highest BCUT2D eigenvalue weighted by molar-refractivity contribution is 9.10. The highest BCUT2D eigenvalue weighted by atomic mass is 79.9. The van der Waals surface area contributed by atoms with E-state index in [0.717, 1.165) is 16.6 Å². The van der Waals surface area contributed by atoms with E-state index < -0.39 is 12.1 Å². The SMILES string of the molecule is CCOC(=O)[C@H](C)Oc1c(Br)cc(CNC2CCCC2)cc1OC. The Labute approximate surface area is 152 Å². The van der Waals surface area contributed by atoms with Crippen molar-refractivity contribution in [3.8, 4) is 11.5 Å². The number of hydrogen-bond donors (Lipinski definition) is 1. The predicted octanol–water partition coefficient (Wildman–Crippen LogP) is 3.82. The van der Waals surface area contributed by atoms with Gasteiger partial charge < -0.3 is 19.5 Å². The number of esters is 1. The molecule has 0 radical (unpaired) electrons. The zero-order valence-corrected chi connectivity index (χ0v) is 16.1. The van der Waals surface area contributed by atoms with Crippen molar-refractivity contribution in [2.75, 3.05) is 13.7 Å². The second kappa shape index (κ2) is 9.28. The Hall–Kier alpha value is -1.27. The Balaban J connectivity index is 2.06. The van der Waals surface area contributed by atoms with Crippen LogP contribution in [0.25, 0.3) is 0 Å². The fraction of sp³-hybridized carbons (Fsp3) is 0.611. The molecule has 0 aromatic heterocycles. The summed E-state index contributed by atoms with van der Waals surface area (Å²) in [6.45, 7) is 4.55. The predicted molar refractivity (Wildman–Crippen MR) is 96.5 cm³/mol. The number of nitrogens with one attached hydrogen (secondary N) is 1. The Kier molecular flexibility index (Phi) is 7.37. The third-order valence-corrected chi connectivity index (χ3v) is 4.74. The fourth-order valence-electron chi connectivity index (χ4n) is 2.87. The monoisotopic (exact) mass is 399 g/mol. The molecule has 1 atom stereocenters. The summed E-state index contributed by atoms with van der Waals surface area (Å²) in [6.07, 6.45) is 4.41. The van der Waals surface area contributed by atoms with Crippen molar-refractivity contribution in [3.63, 3.8) is 0 Å². The first-order chi connectivity index (χ1) is 11.5. The van der Waals surface area contributed by atoms with Crippen LogP contribution in [0.2, 0.25) is 0 Å². The van der Waals surface area contributed by atoms with Gasteiger partial charge in [0.1, 0.15) is 0 Å². The quantitative estimate of drug-likeness (QED) is 0.673. The average molecular weight is 400 g/mol. The normalized spacial score (nSPS) is 16.0. The second-order valence-electron chi connectivity index (χ2n) is 5.98. The summed E-state index contributed by atoms with van der Waals surface area (Å²) in [5.41, 5.74) is 1.11. The van der Waals surface area contributed by atoms with Crippen molar-refractivity contribution in [3.05, 3.63) is 22.2 Å². The molecule has 0 unspecified atom stereocenters. The summed E-state index contributed by atoms with van der Waals surface area (Å²) in [6, 6.07) is 4.55. The lowest BCUT2D eigenvalue weighted by Gasteiger charge is -2.19. The maximum absolute atomic E-state index is 11.8. The lowest BCUT2D eigenvalue weighted by atomic mass is 10.1. The molecule has 1 aromatic carbocycles. The Morgan fingerprint density at radius 3 is 2.71 bits per heavy atom. The molecule has 1 saturated carbocycles. The van der Waals surface area contributed by atoms with E-state index in [9.17, 15) is 4.79 Å². The van der Waals surface area contributed by atoms with Crippen LogP contribution < -0.4 is 14.8 Å². The molecule has 1 aliphatic carbocycles. The summed E-state index contributed by atoms with van der Waals surface area (Å²) in [7, 11) is 1.60. The second-order valence-corrected chi connectivity index (χ2v) is 6.84. The van der Waals surface area contributed by atoms with Crippen molar-refractivity contribution < 1.29 is 19.0 Å². The van der Waals surface area contributed by atoms with Crippen LogP contribution >= 0.6 is 15.9 Å². The first-order valence-electron chi connectivity index (χ1n) is 8.48. The van der Waals surface area contributed by atoms with Crippen LogP contribution in [0.3, 0.4) is 0 Å². The molecular formula is C18H26BrNO4. The average Bonchev–Trinajstić information content (AvgIpc) is 3.08. The van der Waals surface area contributed by atoms with Gasteiger partial charge in [0, 0.05) is 12.6 Å². The lowest BCUT2D eigenvalue weighted by molar-refractivity contribution is -0.150. The van der Waals surface area contributed by atoms with E-state index in [2.05, 4.69) is 21.2 Å². The Morgan fingerprint density at radius 2 is 2.08 bits per heavy atom. The first kappa shape index (κ1) is 19.1. The molecule has 1 aliphatic rings. The molecule has 0 amide bonds. The van der Waals surface area contributed by atoms with E-state index in [4.69, 9.17) is 14.2 Å². The summed E-state index contributed by atoms with van der Waals surface area (Å²) in [5, 5.41) is 3.58. The summed E-state index contributed by atoms with van der Waals surface area (Å²) in [5.74, 6) is 0.727. The molecule has 0 aliphatic heterocycles. The number of rotatable bonds is 8. The van der Waals surface area contributed by atoms with E-state index in [1.165, 1.54) is 25.7 Å². The van der Waals surface area contributed by atoms with Crippen molar-refractivity contribution in [1.29, 1.82) is 0 Å². The van der Waals surface area contributed by atoms with Gasteiger partial charge in [0.25, 0.3) is 0 Å². The number of hydrogen-bond acceptors (Lipinski definition) is 5.